The fourth-order valence-corrected chi connectivity index (χ4v) is 4.35. The number of aryl methyl sites for hydroxylation is 1. The minimum atomic E-state index is -0.856. The average Bonchev–Trinajstić information content (AvgIpc) is 3.40. The molecule has 4 rings (SSSR count). The number of amides is 1. The third-order valence-corrected chi connectivity index (χ3v) is 5.81. The van der Waals surface area contributed by atoms with Crippen LogP contribution in [0.3, 0.4) is 0 Å². The van der Waals surface area contributed by atoms with Gasteiger partial charge in [-0.3, -0.25) is 9.59 Å². The first-order chi connectivity index (χ1) is 15.8. The summed E-state index contributed by atoms with van der Waals surface area (Å²) in [7, 11) is 2.97. The molecule has 7 nitrogen and oxygen atoms in total. The number of likely N-dealkylation sites (tertiary alicyclic amines) is 1. The van der Waals surface area contributed by atoms with Crippen molar-refractivity contribution >= 4 is 29.1 Å². The molecule has 1 fully saturated rings. The Morgan fingerprint density at radius 1 is 1.12 bits per heavy atom. The van der Waals surface area contributed by atoms with E-state index in [2.05, 4.69) is 0 Å². The van der Waals surface area contributed by atoms with Crippen LogP contribution in [0, 0.1) is 6.92 Å². The fourth-order valence-electron chi connectivity index (χ4n) is 4.00. The van der Waals surface area contributed by atoms with E-state index in [4.69, 9.17) is 25.5 Å². The van der Waals surface area contributed by atoms with E-state index in [1.807, 2.05) is 0 Å². The maximum absolute atomic E-state index is 13.2. The van der Waals surface area contributed by atoms with Crippen LogP contribution < -0.4 is 9.47 Å². The Bertz CT molecular complexity index is 1230. The molecule has 33 heavy (non-hydrogen) atoms. The minimum Gasteiger partial charge on any atom is -0.507 e. The third kappa shape index (κ3) is 4.07. The number of methoxy groups -OCH3 is 2. The monoisotopic (exact) mass is 467 g/mol. The van der Waals surface area contributed by atoms with E-state index in [1.165, 1.54) is 18.3 Å². The van der Waals surface area contributed by atoms with Crippen molar-refractivity contribution in [3.63, 3.8) is 0 Å². The van der Waals surface area contributed by atoms with E-state index < -0.39 is 17.7 Å². The molecule has 1 aliphatic rings. The summed E-state index contributed by atoms with van der Waals surface area (Å²) in [4.78, 5) is 27.7. The summed E-state index contributed by atoms with van der Waals surface area (Å²) in [6, 6.07) is 12.9. The molecule has 2 heterocycles. The largest absolute Gasteiger partial charge is 0.507 e. The number of hydrogen-bond donors (Lipinski definition) is 1. The van der Waals surface area contributed by atoms with Gasteiger partial charge in [0, 0.05) is 0 Å². The highest BCUT2D eigenvalue weighted by Crippen LogP contribution is 2.43. The zero-order chi connectivity index (χ0) is 23.7. The number of rotatable bonds is 6. The number of ketones is 1. The Labute approximate surface area is 195 Å². The molecule has 0 bridgehead atoms. The highest BCUT2D eigenvalue weighted by atomic mass is 35.5. The molecular formula is C25H22ClNO6. The number of Topliss-reactive ketones (excluding diaryl/α,β-unsaturated/α-hetero) is 1. The number of aliphatic hydroxyl groups excluding tert-OH is 1. The van der Waals surface area contributed by atoms with Gasteiger partial charge < -0.3 is 23.9 Å². The second-order valence-electron chi connectivity index (χ2n) is 7.61. The van der Waals surface area contributed by atoms with Crippen molar-refractivity contribution in [2.75, 3.05) is 14.2 Å². The van der Waals surface area contributed by atoms with Gasteiger partial charge in [0.2, 0.25) is 0 Å². The Hall–Kier alpha value is -3.71. The minimum absolute atomic E-state index is 0.0523. The van der Waals surface area contributed by atoms with E-state index in [9.17, 15) is 14.7 Å². The normalized spacial score (nSPS) is 17.5. The third-order valence-electron chi connectivity index (χ3n) is 5.52. The van der Waals surface area contributed by atoms with Crippen molar-refractivity contribution in [2.45, 2.75) is 19.5 Å². The van der Waals surface area contributed by atoms with Crippen molar-refractivity contribution in [3.8, 4) is 11.5 Å². The van der Waals surface area contributed by atoms with Crippen LogP contribution in [0.25, 0.3) is 5.76 Å². The van der Waals surface area contributed by atoms with Crippen LogP contribution in [0.2, 0.25) is 5.02 Å². The lowest BCUT2D eigenvalue weighted by Gasteiger charge is -2.25. The lowest BCUT2D eigenvalue weighted by molar-refractivity contribution is -0.140. The molecule has 1 N–H and O–H groups in total. The summed E-state index contributed by atoms with van der Waals surface area (Å²) in [5.74, 6) is -0.574. The van der Waals surface area contributed by atoms with Crippen LogP contribution in [-0.4, -0.2) is 35.9 Å². The highest BCUT2D eigenvalue weighted by molar-refractivity contribution is 6.46. The maximum atomic E-state index is 13.2. The van der Waals surface area contributed by atoms with Crippen molar-refractivity contribution in [3.05, 3.63) is 87.8 Å². The van der Waals surface area contributed by atoms with Crippen LogP contribution in [0.4, 0.5) is 0 Å². The molecule has 8 heteroatoms. The quantitative estimate of drug-likeness (QED) is 0.316. The first-order valence-electron chi connectivity index (χ1n) is 10.1. The van der Waals surface area contributed by atoms with Crippen molar-refractivity contribution in [1.82, 2.24) is 4.90 Å². The number of benzene rings is 2. The first-order valence-corrected chi connectivity index (χ1v) is 10.5. The van der Waals surface area contributed by atoms with Gasteiger partial charge in [0.25, 0.3) is 11.7 Å². The molecule has 0 radical (unpaired) electrons. The zero-order valence-electron chi connectivity index (χ0n) is 18.3. The zero-order valence-corrected chi connectivity index (χ0v) is 19.1. The van der Waals surface area contributed by atoms with Gasteiger partial charge in [-0.1, -0.05) is 23.7 Å². The number of ether oxygens (including phenoxy) is 2. The van der Waals surface area contributed by atoms with Gasteiger partial charge >= 0.3 is 0 Å². The van der Waals surface area contributed by atoms with Crippen LogP contribution in [0.1, 0.15) is 28.5 Å². The standard InChI is InChI=1S/C25H22ClNO6/c1-14-11-18(24(32-3)19(26)12-14)22(28)20-21(15-6-8-16(31-2)9-7-15)27(25(30)23(20)29)13-17-5-4-10-33-17/h4-12,21,28H,13H2,1-3H3/b22-20+. The molecule has 1 aliphatic heterocycles. The van der Waals surface area contributed by atoms with Crippen LogP contribution in [0.5, 0.6) is 11.5 Å². The van der Waals surface area contributed by atoms with Gasteiger partial charge in [-0.2, -0.15) is 0 Å². The Kier molecular flexibility index (Phi) is 6.16. The Morgan fingerprint density at radius 2 is 1.85 bits per heavy atom. The molecule has 3 aromatic rings. The fraction of sp³-hybridized carbons (Fsp3) is 0.200. The lowest BCUT2D eigenvalue weighted by Crippen LogP contribution is -2.29. The Morgan fingerprint density at radius 3 is 2.45 bits per heavy atom. The SMILES string of the molecule is COc1ccc(C2/C(=C(\O)c3cc(C)cc(Cl)c3OC)C(=O)C(=O)N2Cc2ccco2)cc1. The van der Waals surface area contributed by atoms with Gasteiger partial charge in [0.05, 0.1) is 49.2 Å². The van der Waals surface area contributed by atoms with Gasteiger partial charge in [-0.05, 0) is 54.4 Å². The number of hydrogen-bond acceptors (Lipinski definition) is 6. The average molecular weight is 468 g/mol. The predicted octanol–water partition coefficient (Wildman–Crippen LogP) is 4.88. The molecule has 2 aromatic carbocycles. The van der Waals surface area contributed by atoms with Gasteiger partial charge in [0.15, 0.2) is 0 Å². The lowest BCUT2D eigenvalue weighted by atomic mass is 9.94. The van der Waals surface area contributed by atoms with Crippen LogP contribution in [-0.2, 0) is 16.1 Å². The first kappa shape index (κ1) is 22.5. The molecule has 1 aromatic heterocycles. The van der Waals surface area contributed by atoms with Gasteiger partial charge in [0.1, 0.15) is 23.0 Å². The van der Waals surface area contributed by atoms with E-state index in [-0.39, 0.29) is 34.2 Å². The van der Waals surface area contributed by atoms with E-state index >= 15 is 0 Å². The smallest absolute Gasteiger partial charge is 0.296 e. The highest BCUT2D eigenvalue weighted by Gasteiger charge is 2.46. The summed E-state index contributed by atoms with van der Waals surface area (Å²) < 4.78 is 16.0. The molecule has 170 valence electrons. The molecule has 0 saturated carbocycles. The second kappa shape index (κ2) is 9.03. The summed E-state index contributed by atoms with van der Waals surface area (Å²) in [6.45, 7) is 1.86. The number of furan rings is 1. The maximum Gasteiger partial charge on any atom is 0.296 e. The summed E-state index contributed by atoms with van der Waals surface area (Å²) in [6.07, 6.45) is 1.49. The van der Waals surface area contributed by atoms with Crippen LogP contribution >= 0.6 is 11.6 Å². The van der Waals surface area contributed by atoms with Gasteiger partial charge in [-0.25, -0.2) is 0 Å². The number of halogens is 1. The predicted molar refractivity (Wildman–Crippen MR) is 122 cm³/mol. The number of carbonyl (C=O) groups is 2. The van der Waals surface area contributed by atoms with Gasteiger partial charge in [-0.15, -0.1) is 0 Å². The summed E-state index contributed by atoms with van der Waals surface area (Å²) in [5.41, 5.74) is 1.56. The van der Waals surface area contributed by atoms with Crippen molar-refractivity contribution < 1.29 is 28.6 Å². The molecule has 1 saturated heterocycles. The van der Waals surface area contributed by atoms with Crippen molar-refractivity contribution in [2.24, 2.45) is 0 Å². The molecular weight excluding hydrogens is 446 g/mol. The molecule has 0 aliphatic carbocycles. The molecule has 1 atom stereocenters. The van der Waals surface area contributed by atoms with E-state index in [0.717, 1.165) is 5.56 Å². The Balaban J connectivity index is 1.92. The summed E-state index contributed by atoms with van der Waals surface area (Å²) >= 11 is 6.31. The summed E-state index contributed by atoms with van der Waals surface area (Å²) in [5, 5.41) is 11.6. The number of nitrogens with zero attached hydrogens (tertiary/aromatic N) is 1. The number of aliphatic hydroxyl groups is 1. The van der Waals surface area contributed by atoms with E-state index in [1.54, 1.807) is 62.6 Å². The second-order valence-corrected chi connectivity index (χ2v) is 8.01. The number of carbonyl (C=O) groups excluding carboxylic acids is 2. The van der Waals surface area contributed by atoms with Crippen LogP contribution in [0.15, 0.2) is 64.8 Å². The molecule has 0 spiro atoms. The van der Waals surface area contributed by atoms with Crippen molar-refractivity contribution in [1.29, 1.82) is 0 Å². The topological polar surface area (TPSA) is 89.2 Å². The van der Waals surface area contributed by atoms with E-state index in [0.29, 0.717) is 17.1 Å². The molecule has 1 amide bonds. The molecule has 1 unspecified atom stereocenters.